The third-order valence-corrected chi connectivity index (χ3v) is 5.54. The van der Waals surface area contributed by atoms with E-state index >= 15 is 0 Å². The molecule has 0 heterocycles. The highest BCUT2D eigenvalue weighted by atomic mass is 32.2. The third-order valence-electron chi connectivity index (χ3n) is 4.36. The average Bonchev–Trinajstić information content (AvgIpc) is 2.63. The van der Waals surface area contributed by atoms with Crippen LogP contribution >= 0.6 is 0 Å². The van der Waals surface area contributed by atoms with Crippen molar-refractivity contribution in [3.05, 3.63) is 59.2 Å². The lowest BCUT2D eigenvalue weighted by Gasteiger charge is -2.30. The van der Waals surface area contributed by atoms with Crippen molar-refractivity contribution in [2.45, 2.75) is 33.2 Å². The number of benzene rings is 2. The molecule has 8 heteroatoms. The number of esters is 1. The first-order valence-electron chi connectivity index (χ1n) is 9.13. The summed E-state index contributed by atoms with van der Waals surface area (Å²) in [5.74, 6) is -0.935. The fourth-order valence-electron chi connectivity index (χ4n) is 3.17. The molecule has 0 aliphatic rings. The molecule has 0 aromatic heterocycles. The molecule has 29 heavy (non-hydrogen) atoms. The number of hydrogen-bond acceptors (Lipinski definition) is 5. The molecule has 1 N–H and O–H groups in total. The second-order valence-corrected chi connectivity index (χ2v) is 8.75. The number of ether oxygens (including phenoxy) is 1. The lowest BCUT2D eigenvalue weighted by atomic mass is 10.1. The molecule has 1 atom stereocenters. The molecule has 156 valence electrons. The zero-order valence-corrected chi connectivity index (χ0v) is 18.0. The molecule has 0 bridgehead atoms. The molecule has 2 aromatic rings. The van der Waals surface area contributed by atoms with Crippen LogP contribution in [0.3, 0.4) is 0 Å². The molecule has 1 unspecified atom stereocenters. The number of aryl methyl sites for hydroxylation is 2. The number of methoxy groups -OCH3 is 1. The molecule has 7 nitrogen and oxygen atoms in total. The molecule has 0 fully saturated rings. The van der Waals surface area contributed by atoms with Crippen molar-refractivity contribution in [3.8, 4) is 0 Å². The van der Waals surface area contributed by atoms with Crippen LogP contribution in [0.2, 0.25) is 0 Å². The van der Waals surface area contributed by atoms with E-state index in [1.807, 2.05) is 19.9 Å². The fraction of sp³-hybridized carbons (Fsp3) is 0.333. The molecule has 2 aromatic carbocycles. The predicted octanol–water partition coefficient (Wildman–Crippen LogP) is 3.27. The largest absolute Gasteiger partial charge is 0.465 e. The first-order valence-corrected chi connectivity index (χ1v) is 11.0. The van der Waals surface area contributed by atoms with Gasteiger partial charge >= 0.3 is 5.97 Å². The first kappa shape index (κ1) is 22.4. The smallest absolute Gasteiger partial charge is 0.337 e. The van der Waals surface area contributed by atoms with Crippen LogP contribution < -0.4 is 9.62 Å². The number of nitrogens with one attached hydrogen (secondary N) is 1. The van der Waals surface area contributed by atoms with Gasteiger partial charge in [-0.1, -0.05) is 13.0 Å². The lowest BCUT2D eigenvalue weighted by molar-refractivity contribution is -0.117. The Kier molecular flexibility index (Phi) is 7.02. The normalized spacial score (nSPS) is 12.2. The number of carbonyl (C=O) groups is 2. The van der Waals surface area contributed by atoms with Crippen LogP contribution in [0.1, 0.15) is 34.8 Å². The lowest BCUT2D eigenvalue weighted by Crippen LogP contribution is -2.47. The van der Waals surface area contributed by atoms with Crippen molar-refractivity contribution >= 4 is 33.3 Å². The molecule has 2 rings (SSSR count). The predicted molar refractivity (Wildman–Crippen MR) is 114 cm³/mol. The van der Waals surface area contributed by atoms with E-state index in [-0.39, 0.29) is 6.42 Å². The Balaban J connectivity index is 2.34. The zero-order chi connectivity index (χ0) is 21.8. The van der Waals surface area contributed by atoms with E-state index in [1.165, 1.54) is 19.2 Å². The topological polar surface area (TPSA) is 92.8 Å². The van der Waals surface area contributed by atoms with Crippen molar-refractivity contribution < 1.29 is 22.7 Å². The summed E-state index contributed by atoms with van der Waals surface area (Å²) in [4.78, 5) is 24.5. The maximum atomic E-state index is 12.9. The van der Waals surface area contributed by atoms with Crippen molar-refractivity contribution in [3.63, 3.8) is 0 Å². The minimum absolute atomic E-state index is 0.284. The first-order chi connectivity index (χ1) is 13.6. The number of hydrogen-bond donors (Lipinski definition) is 1. The second kappa shape index (κ2) is 9.09. The molecule has 0 saturated carbocycles. The maximum Gasteiger partial charge on any atom is 0.337 e. The van der Waals surface area contributed by atoms with E-state index in [2.05, 4.69) is 10.1 Å². The van der Waals surface area contributed by atoms with Gasteiger partial charge in [-0.25, -0.2) is 13.2 Å². The molecule has 1 amide bonds. The summed E-state index contributed by atoms with van der Waals surface area (Å²) in [6.45, 7) is 5.51. The second-order valence-electron chi connectivity index (χ2n) is 6.89. The number of anilines is 2. The van der Waals surface area contributed by atoms with E-state index in [4.69, 9.17) is 0 Å². The van der Waals surface area contributed by atoms with Crippen LogP contribution in [-0.2, 0) is 19.6 Å². The van der Waals surface area contributed by atoms with Gasteiger partial charge in [-0.2, -0.15) is 0 Å². The van der Waals surface area contributed by atoms with E-state index in [0.717, 1.165) is 21.7 Å². The monoisotopic (exact) mass is 418 g/mol. The standard InChI is InChI=1S/C21H26N2O5S/c1-6-19(20(24)22-17-9-7-16(8-10-17)21(25)28-4)23(29(5,26)27)18-12-14(2)11-15(3)13-18/h7-13,19H,6H2,1-5H3,(H,22,24). The van der Waals surface area contributed by atoms with Crippen LogP contribution in [0.25, 0.3) is 0 Å². The molecule has 0 radical (unpaired) electrons. The maximum absolute atomic E-state index is 12.9. The van der Waals surface area contributed by atoms with Gasteiger partial charge in [0.15, 0.2) is 0 Å². The van der Waals surface area contributed by atoms with Gasteiger partial charge in [-0.3, -0.25) is 9.10 Å². The minimum atomic E-state index is -3.71. The third kappa shape index (κ3) is 5.57. The van der Waals surface area contributed by atoms with Crippen molar-refractivity contribution in [2.24, 2.45) is 0 Å². The Labute approximate surface area is 171 Å². The van der Waals surface area contributed by atoms with E-state index < -0.39 is 27.9 Å². The summed E-state index contributed by atoms with van der Waals surface area (Å²) in [5.41, 5.74) is 3.07. The highest BCUT2D eigenvalue weighted by Gasteiger charge is 2.31. The van der Waals surface area contributed by atoms with Crippen molar-refractivity contribution in [2.75, 3.05) is 23.0 Å². The Hall–Kier alpha value is -2.87. The minimum Gasteiger partial charge on any atom is -0.465 e. The van der Waals surface area contributed by atoms with E-state index in [1.54, 1.807) is 31.2 Å². The van der Waals surface area contributed by atoms with Gasteiger partial charge < -0.3 is 10.1 Å². The van der Waals surface area contributed by atoms with Crippen LogP contribution in [0.4, 0.5) is 11.4 Å². The summed E-state index contributed by atoms with van der Waals surface area (Å²) in [5, 5.41) is 2.73. The molecule has 0 spiro atoms. The SMILES string of the molecule is CCC(C(=O)Nc1ccc(C(=O)OC)cc1)N(c1cc(C)cc(C)c1)S(C)(=O)=O. The highest BCUT2D eigenvalue weighted by Crippen LogP contribution is 2.26. The number of nitrogens with zero attached hydrogens (tertiary/aromatic N) is 1. The van der Waals surface area contributed by atoms with Crippen molar-refractivity contribution in [1.29, 1.82) is 0 Å². The summed E-state index contributed by atoms with van der Waals surface area (Å²) in [6.07, 6.45) is 1.37. The van der Waals surface area contributed by atoms with Gasteiger partial charge in [0.1, 0.15) is 6.04 Å². The average molecular weight is 419 g/mol. The van der Waals surface area contributed by atoms with Gasteiger partial charge in [0, 0.05) is 5.69 Å². The molecular weight excluding hydrogens is 392 g/mol. The molecule has 0 aliphatic carbocycles. The molecule has 0 saturated heterocycles. The van der Waals surface area contributed by atoms with Crippen molar-refractivity contribution in [1.82, 2.24) is 0 Å². The van der Waals surface area contributed by atoms with Crippen LogP contribution in [0.15, 0.2) is 42.5 Å². The van der Waals surface area contributed by atoms with Gasteiger partial charge in [0.05, 0.1) is 24.6 Å². The quantitative estimate of drug-likeness (QED) is 0.697. The fourth-order valence-corrected chi connectivity index (χ4v) is 4.37. The van der Waals surface area contributed by atoms with Crippen LogP contribution in [0.5, 0.6) is 0 Å². The number of rotatable bonds is 7. The zero-order valence-electron chi connectivity index (χ0n) is 17.2. The van der Waals surface area contributed by atoms with Crippen LogP contribution in [0, 0.1) is 13.8 Å². The Morgan fingerprint density at radius 3 is 2.07 bits per heavy atom. The van der Waals surface area contributed by atoms with E-state index in [0.29, 0.717) is 16.9 Å². The molecular formula is C21H26N2O5S. The Morgan fingerprint density at radius 1 is 1.07 bits per heavy atom. The number of sulfonamides is 1. The summed E-state index contributed by atoms with van der Waals surface area (Å²) in [6, 6.07) is 10.7. The van der Waals surface area contributed by atoms with Crippen LogP contribution in [-0.4, -0.2) is 39.7 Å². The summed E-state index contributed by atoms with van der Waals surface area (Å²) < 4.78 is 30.9. The highest BCUT2D eigenvalue weighted by molar-refractivity contribution is 7.92. The van der Waals surface area contributed by atoms with Gasteiger partial charge in [-0.15, -0.1) is 0 Å². The Morgan fingerprint density at radius 2 is 1.62 bits per heavy atom. The van der Waals surface area contributed by atoms with E-state index in [9.17, 15) is 18.0 Å². The Bertz CT molecular complexity index is 980. The molecule has 0 aliphatic heterocycles. The number of carbonyl (C=O) groups excluding carboxylic acids is 2. The summed E-state index contributed by atoms with van der Waals surface area (Å²) in [7, 11) is -2.42. The van der Waals surface area contributed by atoms with Gasteiger partial charge in [0.25, 0.3) is 0 Å². The van der Waals surface area contributed by atoms with Gasteiger partial charge in [-0.05, 0) is 67.8 Å². The van der Waals surface area contributed by atoms with Gasteiger partial charge in [0.2, 0.25) is 15.9 Å². The summed E-state index contributed by atoms with van der Waals surface area (Å²) >= 11 is 0. The number of amides is 1.